The number of hydrogen-bond acceptors (Lipinski definition) is 4. The number of hydrogen-bond donors (Lipinski definition) is 1. The smallest absolute Gasteiger partial charge is 0.265 e. The molecule has 0 saturated heterocycles. The third kappa shape index (κ3) is 5.94. The highest BCUT2D eigenvalue weighted by atomic mass is 16.5. The van der Waals surface area contributed by atoms with Gasteiger partial charge in [-0.2, -0.15) is 0 Å². The largest absolute Gasteiger partial charge is 0.489 e. The van der Waals surface area contributed by atoms with Crippen LogP contribution in [0.1, 0.15) is 29.8 Å². The number of amides is 1. The van der Waals surface area contributed by atoms with Gasteiger partial charge < -0.3 is 14.8 Å². The highest BCUT2D eigenvalue weighted by molar-refractivity contribution is 5.95. The van der Waals surface area contributed by atoms with Crippen molar-refractivity contribution in [3.8, 4) is 11.5 Å². The first-order chi connectivity index (χ1) is 14.0. The molecule has 0 aliphatic carbocycles. The average Bonchev–Trinajstić information content (AvgIpc) is 2.74. The predicted molar refractivity (Wildman–Crippen MR) is 112 cm³/mol. The van der Waals surface area contributed by atoms with Gasteiger partial charge in [0.1, 0.15) is 18.1 Å². The zero-order chi connectivity index (χ0) is 20.6. The van der Waals surface area contributed by atoms with E-state index in [0.29, 0.717) is 23.6 Å². The van der Waals surface area contributed by atoms with Gasteiger partial charge in [0.25, 0.3) is 5.91 Å². The van der Waals surface area contributed by atoms with E-state index >= 15 is 0 Å². The van der Waals surface area contributed by atoms with E-state index in [4.69, 9.17) is 9.47 Å². The van der Waals surface area contributed by atoms with Crippen molar-refractivity contribution < 1.29 is 19.1 Å². The molecule has 29 heavy (non-hydrogen) atoms. The van der Waals surface area contributed by atoms with E-state index in [2.05, 4.69) is 5.32 Å². The molecule has 0 aliphatic heterocycles. The standard InChI is InChI=1S/C24H23NO4/c1-17(26)20-8-12-23(13-9-20)29-18(2)24(27)25-21-10-14-22(15-11-21)28-16-19-6-4-3-5-7-19/h3-15,18H,16H2,1-2H3,(H,25,27)/t18-/m1/s1. The van der Waals surface area contributed by atoms with Crippen LogP contribution in [0.3, 0.4) is 0 Å². The SMILES string of the molecule is CC(=O)c1ccc(O[C@H](C)C(=O)Nc2ccc(OCc3ccccc3)cc2)cc1. The first kappa shape index (κ1) is 20.1. The maximum absolute atomic E-state index is 12.4. The Morgan fingerprint density at radius 3 is 2.10 bits per heavy atom. The quantitative estimate of drug-likeness (QED) is 0.558. The van der Waals surface area contributed by atoms with E-state index in [-0.39, 0.29) is 11.7 Å². The number of ketones is 1. The van der Waals surface area contributed by atoms with Gasteiger partial charge in [0.2, 0.25) is 0 Å². The van der Waals surface area contributed by atoms with Crippen molar-refractivity contribution in [3.63, 3.8) is 0 Å². The summed E-state index contributed by atoms with van der Waals surface area (Å²) in [5.41, 5.74) is 2.35. The summed E-state index contributed by atoms with van der Waals surface area (Å²) in [5.74, 6) is 0.973. The van der Waals surface area contributed by atoms with Crippen LogP contribution in [0, 0.1) is 0 Å². The molecule has 3 aromatic carbocycles. The number of carbonyl (C=O) groups excluding carboxylic acids is 2. The van der Waals surface area contributed by atoms with Crippen molar-refractivity contribution in [2.75, 3.05) is 5.32 Å². The number of Topliss-reactive ketones (excluding diaryl/α,β-unsaturated/α-hetero) is 1. The number of anilines is 1. The van der Waals surface area contributed by atoms with Gasteiger partial charge in [0, 0.05) is 11.3 Å². The van der Waals surface area contributed by atoms with Crippen molar-refractivity contribution >= 4 is 17.4 Å². The average molecular weight is 389 g/mol. The minimum absolute atomic E-state index is 0.0152. The molecule has 0 fully saturated rings. The van der Waals surface area contributed by atoms with Crippen molar-refractivity contribution in [3.05, 3.63) is 90.0 Å². The molecule has 5 heteroatoms. The van der Waals surface area contributed by atoms with Gasteiger partial charge in [-0.25, -0.2) is 0 Å². The molecule has 1 atom stereocenters. The number of carbonyl (C=O) groups is 2. The molecule has 0 saturated carbocycles. The molecule has 0 heterocycles. The Hall–Kier alpha value is -3.60. The Morgan fingerprint density at radius 1 is 0.862 bits per heavy atom. The van der Waals surface area contributed by atoms with Crippen LogP contribution >= 0.6 is 0 Å². The molecule has 3 aromatic rings. The first-order valence-electron chi connectivity index (χ1n) is 9.36. The van der Waals surface area contributed by atoms with Gasteiger partial charge in [-0.05, 0) is 67.9 Å². The van der Waals surface area contributed by atoms with Gasteiger partial charge in [-0.15, -0.1) is 0 Å². The highest BCUT2D eigenvalue weighted by Crippen LogP contribution is 2.18. The normalized spacial score (nSPS) is 11.4. The fraction of sp³-hybridized carbons (Fsp3) is 0.167. The maximum Gasteiger partial charge on any atom is 0.265 e. The number of ether oxygens (including phenoxy) is 2. The maximum atomic E-state index is 12.4. The molecule has 0 aromatic heterocycles. The summed E-state index contributed by atoms with van der Waals surface area (Å²) in [6.45, 7) is 3.66. The summed E-state index contributed by atoms with van der Waals surface area (Å²) in [6, 6.07) is 23.8. The Bertz CT molecular complexity index is 950. The first-order valence-corrected chi connectivity index (χ1v) is 9.36. The van der Waals surface area contributed by atoms with Gasteiger partial charge in [-0.3, -0.25) is 9.59 Å². The van der Waals surface area contributed by atoms with Gasteiger partial charge >= 0.3 is 0 Å². The van der Waals surface area contributed by atoms with E-state index < -0.39 is 6.10 Å². The van der Waals surface area contributed by atoms with Crippen molar-refractivity contribution in [1.29, 1.82) is 0 Å². The van der Waals surface area contributed by atoms with Crippen LogP contribution in [0.4, 0.5) is 5.69 Å². The van der Waals surface area contributed by atoms with E-state index in [0.717, 1.165) is 11.3 Å². The van der Waals surface area contributed by atoms with E-state index in [9.17, 15) is 9.59 Å². The molecule has 1 N–H and O–H groups in total. The molecule has 0 aliphatic rings. The van der Waals surface area contributed by atoms with Crippen LogP contribution in [-0.2, 0) is 11.4 Å². The summed E-state index contributed by atoms with van der Waals surface area (Å²) in [7, 11) is 0. The molecule has 1 amide bonds. The third-order valence-electron chi connectivity index (χ3n) is 4.31. The second kappa shape index (κ2) is 9.55. The zero-order valence-corrected chi connectivity index (χ0v) is 16.4. The number of nitrogens with one attached hydrogen (secondary N) is 1. The van der Waals surface area contributed by atoms with Crippen LogP contribution in [-0.4, -0.2) is 17.8 Å². The van der Waals surface area contributed by atoms with E-state index in [1.165, 1.54) is 6.92 Å². The van der Waals surface area contributed by atoms with Crippen LogP contribution in [0.15, 0.2) is 78.9 Å². The van der Waals surface area contributed by atoms with Gasteiger partial charge in [0.05, 0.1) is 0 Å². The summed E-state index contributed by atoms with van der Waals surface area (Å²) in [6.07, 6.45) is -0.688. The van der Waals surface area contributed by atoms with Gasteiger partial charge in [0.15, 0.2) is 11.9 Å². The molecular formula is C24H23NO4. The lowest BCUT2D eigenvalue weighted by Crippen LogP contribution is -2.30. The van der Waals surface area contributed by atoms with Crippen LogP contribution < -0.4 is 14.8 Å². The zero-order valence-electron chi connectivity index (χ0n) is 16.4. The molecule has 0 unspecified atom stereocenters. The van der Waals surface area contributed by atoms with Crippen molar-refractivity contribution in [2.24, 2.45) is 0 Å². The second-order valence-electron chi connectivity index (χ2n) is 6.63. The Labute approximate surface area is 170 Å². The lowest BCUT2D eigenvalue weighted by molar-refractivity contribution is -0.122. The minimum Gasteiger partial charge on any atom is -0.489 e. The van der Waals surface area contributed by atoms with E-state index in [1.54, 1.807) is 43.3 Å². The highest BCUT2D eigenvalue weighted by Gasteiger charge is 2.15. The molecule has 148 valence electrons. The van der Waals surface area contributed by atoms with Crippen LogP contribution in [0.5, 0.6) is 11.5 Å². The summed E-state index contributed by atoms with van der Waals surface area (Å²) in [5, 5.41) is 2.82. The fourth-order valence-electron chi connectivity index (χ4n) is 2.65. The summed E-state index contributed by atoms with van der Waals surface area (Å²) < 4.78 is 11.4. The third-order valence-corrected chi connectivity index (χ3v) is 4.31. The van der Waals surface area contributed by atoms with E-state index in [1.807, 2.05) is 42.5 Å². The van der Waals surface area contributed by atoms with Crippen LogP contribution in [0.25, 0.3) is 0 Å². The van der Waals surface area contributed by atoms with Gasteiger partial charge in [-0.1, -0.05) is 30.3 Å². The summed E-state index contributed by atoms with van der Waals surface area (Å²) in [4.78, 5) is 23.7. The molecule has 0 spiro atoms. The van der Waals surface area contributed by atoms with Crippen molar-refractivity contribution in [2.45, 2.75) is 26.6 Å². The molecular weight excluding hydrogens is 366 g/mol. The van der Waals surface area contributed by atoms with Crippen molar-refractivity contribution in [1.82, 2.24) is 0 Å². The molecule has 5 nitrogen and oxygen atoms in total. The monoisotopic (exact) mass is 389 g/mol. The topological polar surface area (TPSA) is 64.6 Å². The summed E-state index contributed by atoms with van der Waals surface area (Å²) >= 11 is 0. The molecule has 0 bridgehead atoms. The van der Waals surface area contributed by atoms with Crippen LogP contribution in [0.2, 0.25) is 0 Å². The molecule has 0 radical (unpaired) electrons. The second-order valence-corrected chi connectivity index (χ2v) is 6.63. The lowest BCUT2D eigenvalue weighted by Gasteiger charge is -2.15. The Morgan fingerprint density at radius 2 is 1.48 bits per heavy atom. The predicted octanol–water partition coefficient (Wildman–Crippen LogP) is 4.87. The fourth-order valence-corrected chi connectivity index (χ4v) is 2.65. The number of benzene rings is 3. The Kier molecular flexibility index (Phi) is 6.63. The lowest BCUT2D eigenvalue weighted by atomic mass is 10.1. The molecule has 3 rings (SSSR count). The Balaban J connectivity index is 1.51. The minimum atomic E-state index is -0.688. The number of rotatable bonds is 8.